The molecule has 3 N–H and O–H groups in total. The molecule has 1 aliphatic carbocycles. The van der Waals surface area contributed by atoms with Crippen LogP contribution >= 0.6 is 11.6 Å². The van der Waals surface area contributed by atoms with Crippen molar-refractivity contribution in [1.82, 2.24) is 16.2 Å². The van der Waals surface area contributed by atoms with Crippen molar-refractivity contribution in [3.63, 3.8) is 0 Å². The molecular formula is C12H12ClN3O3. The van der Waals surface area contributed by atoms with Crippen LogP contribution in [0, 0.1) is 0 Å². The lowest BCUT2D eigenvalue weighted by molar-refractivity contribution is -0.139. The second-order valence-electron chi connectivity index (χ2n) is 4.14. The van der Waals surface area contributed by atoms with Gasteiger partial charge in [0.15, 0.2) is 0 Å². The van der Waals surface area contributed by atoms with Gasteiger partial charge in [0.1, 0.15) is 0 Å². The molecule has 0 heterocycles. The molecule has 1 aromatic carbocycles. The number of rotatable bonds is 2. The molecule has 0 bridgehead atoms. The number of hydrogen-bond acceptors (Lipinski definition) is 3. The molecule has 1 fully saturated rings. The van der Waals surface area contributed by atoms with Gasteiger partial charge in [0.25, 0.3) is 5.91 Å². The summed E-state index contributed by atoms with van der Waals surface area (Å²) in [6.45, 7) is 0. The van der Waals surface area contributed by atoms with Crippen LogP contribution in [0.4, 0.5) is 0 Å². The number of carbonyl (C=O) groups is 3. The average molecular weight is 282 g/mol. The van der Waals surface area contributed by atoms with Crippen LogP contribution in [0.25, 0.3) is 0 Å². The maximum absolute atomic E-state index is 11.7. The van der Waals surface area contributed by atoms with Gasteiger partial charge in [-0.1, -0.05) is 23.7 Å². The van der Waals surface area contributed by atoms with Gasteiger partial charge in [-0.3, -0.25) is 25.2 Å². The highest BCUT2D eigenvalue weighted by atomic mass is 35.5. The zero-order valence-electron chi connectivity index (χ0n) is 9.90. The lowest BCUT2D eigenvalue weighted by Crippen LogP contribution is -2.49. The average Bonchev–Trinajstić information content (AvgIpc) is 3.20. The first-order valence-corrected chi connectivity index (χ1v) is 6.11. The third kappa shape index (κ3) is 3.69. The second kappa shape index (κ2) is 5.71. The minimum atomic E-state index is -0.910. The largest absolute Gasteiger partial charge is 0.345 e. The number of benzene rings is 1. The van der Waals surface area contributed by atoms with E-state index in [4.69, 9.17) is 11.6 Å². The SMILES string of the molecule is O=C(NNC(=O)c1ccccc1Cl)C(=O)NC1CC1. The van der Waals surface area contributed by atoms with E-state index in [-0.39, 0.29) is 16.6 Å². The van der Waals surface area contributed by atoms with E-state index in [1.807, 2.05) is 5.43 Å². The first-order chi connectivity index (χ1) is 9.08. The summed E-state index contributed by atoms with van der Waals surface area (Å²) in [5, 5.41) is 2.76. The number of nitrogens with one attached hydrogen (secondary N) is 3. The molecule has 19 heavy (non-hydrogen) atoms. The predicted molar refractivity (Wildman–Crippen MR) is 68.2 cm³/mol. The van der Waals surface area contributed by atoms with Crippen LogP contribution in [0.15, 0.2) is 24.3 Å². The Morgan fingerprint density at radius 2 is 1.74 bits per heavy atom. The van der Waals surface area contributed by atoms with Crippen molar-refractivity contribution in [2.24, 2.45) is 0 Å². The summed E-state index contributed by atoms with van der Waals surface area (Å²) in [6, 6.07) is 6.47. The predicted octanol–water partition coefficient (Wildman–Crippen LogP) is 0.380. The fourth-order valence-electron chi connectivity index (χ4n) is 1.36. The Kier molecular flexibility index (Phi) is 4.01. The van der Waals surface area contributed by atoms with E-state index in [1.54, 1.807) is 18.2 Å². The first kappa shape index (κ1) is 13.4. The number of hydrogen-bond donors (Lipinski definition) is 3. The maximum atomic E-state index is 11.7. The van der Waals surface area contributed by atoms with E-state index in [0.29, 0.717) is 0 Å². The number of hydrazine groups is 1. The quantitative estimate of drug-likeness (QED) is 0.541. The summed E-state index contributed by atoms with van der Waals surface area (Å²) in [5.74, 6) is -2.26. The molecule has 0 aliphatic heterocycles. The standard InChI is InChI=1S/C12H12ClN3O3/c13-9-4-2-1-3-8(9)10(17)15-16-12(19)11(18)14-7-5-6-7/h1-4,7H,5-6H2,(H,14,18)(H,15,17)(H,16,19). The van der Waals surface area contributed by atoms with Crippen LogP contribution < -0.4 is 16.2 Å². The topological polar surface area (TPSA) is 87.3 Å². The third-order valence-electron chi connectivity index (χ3n) is 2.53. The van der Waals surface area contributed by atoms with Gasteiger partial charge >= 0.3 is 11.8 Å². The van der Waals surface area contributed by atoms with Gasteiger partial charge in [-0.2, -0.15) is 0 Å². The molecule has 2 rings (SSSR count). The molecule has 0 radical (unpaired) electrons. The van der Waals surface area contributed by atoms with Crippen molar-refractivity contribution < 1.29 is 14.4 Å². The molecule has 0 unspecified atom stereocenters. The van der Waals surface area contributed by atoms with Crippen molar-refractivity contribution in [3.8, 4) is 0 Å². The second-order valence-corrected chi connectivity index (χ2v) is 4.54. The van der Waals surface area contributed by atoms with Crippen molar-refractivity contribution in [2.45, 2.75) is 18.9 Å². The summed E-state index contributed by atoms with van der Waals surface area (Å²) in [5.41, 5.74) is 4.38. The molecule has 7 heteroatoms. The third-order valence-corrected chi connectivity index (χ3v) is 2.86. The zero-order valence-corrected chi connectivity index (χ0v) is 10.7. The summed E-state index contributed by atoms with van der Waals surface area (Å²) < 4.78 is 0. The highest BCUT2D eigenvalue weighted by molar-refractivity contribution is 6.36. The van der Waals surface area contributed by atoms with E-state index < -0.39 is 17.7 Å². The molecule has 3 amide bonds. The van der Waals surface area contributed by atoms with Gasteiger partial charge in [-0.25, -0.2) is 0 Å². The van der Waals surface area contributed by atoms with Gasteiger partial charge < -0.3 is 5.32 Å². The van der Waals surface area contributed by atoms with Crippen LogP contribution in [0.1, 0.15) is 23.2 Å². The van der Waals surface area contributed by atoms with E-state index in [2.05, 4.69) is 10.7 Å². The van der Waals surface area contributed by atoms with Crippen LogP contribution in [-0.2, 0) is 9.59 Å². The zero-order chi connectivity index (χ0) is 13.8. The van der Waals surface area contributed by atoms with Crippen molar-refractivity contribution >= 4 is 29.3 Å². The van der Waals surface area contributed by atoms with E-state index in [0.717, 1.165) is 12.8 Å². The Balaban J connectivity index is 1.84. The lowest BCUT2D eigenvalue weighted by atomic mass is 10.2. The van der Waals surface area contributed by atoms with Crippen LogP contribution in [0.2, 0.25) is 5.02 Å². The molecule has 1 saturated carbocycles. The fraction of sp³-hybridized carbons (Fsp3) is 0.250. The Hall–Kier alpha value is -2.08. The Morgan fingerprint density at radius 1 is 1.05 bits per heavy atom. The van der Waals surface area contributed by atoms with Crippen LogP contribution in [0.5, 0.6) is 0 Å². The monoisotopic (exact) mass is 281 g/mol. The normalized spacial score (nSPS) is 13.5. The summed E-state index contributed by atoms with van der Waals surface area (Å²) in [7, 11) is 0. The van der Waals surface area contributed by atoms with E-state index in [1.165, 1.54) is 6.07 Å². The lowest BCUT2D eigenvalue weighted by Gasteiger charge is -2.08. The number of carbonyl (C=O) groups excluding carboxylic acids is 3. The number of halogens is 1. The van der Waals surface area contributed by atoms with Crippen molar-refractivity contribution in [2.75, 3.05) is 0 Å². The molecule has 1 aromatic rings. The molecule has 0 saturated heterocycles. The Bertz CT molecular complexity index is 529. The van der Waals surface area contributed by atoms with Gasteiger partial charge in [0.2, 0.25) is 0 Å². The molecule has 100 valence electrons. The van der Waals surface area contributed by atoms with Gasteiger partial charge in [-0.15, -0.1) is 0 Å². The summed E-state index contributed by atoms with van der Waals surface area (Å²) in [6.07, 6.45) is 1.76. The minimum absolute atomic E-state index is 0.0810. The molecule has 0 spiro atoms. The molecule has 0 atom stereocenters. The van der Waals surface area contributed by atoms with Crippen molar-refractivity contribution in [1.29, 1.82) is 0 Å². The van der Waals surface area contributed by atoms with Gasteiger partial charge in [0, 0.05) is 6.04 Å². The smallest absolute Gasteiger partial charge is 0.327 e. The minimum Gasteiger partial charge on any atom is -0.345 e. The molecule has 0 aromatic heterocycles. The van der Waals surface area contributed by atoms with E-state index in [9.17, 15) is 14.4 Å². The van der Waals surface area contributed by atoms with E-state index >= 15 is 0 Å². The highest BCUT2D eigenvalue weighted by Crippen LogP contribution is 2.18. The fourth-order valence-corrected chi connectivity index (χ4v) is 1.58. The molecule has 1 aliphatic rings. The maximum Gasteiger partial charge on any atom is 0.327 e. The summed E-state index contributed by atoms with van der Waals surface area (Å²) in [4.78, 5) is 34.4. The Labute approximate surface area is 114 Å². The van der Waals surface area contributed by atoms with Crippen LogP contribution in [-0.4, -0.2) is 23.8 Å². The van der Waals surface area contributed by atoms with Crippen molar-refractivity contribution in [3.05, 3.63) is 34.9 Å². The molecule has 6 nitrogen and oxygen atoms in total. The first-order valence-electron chi connectivity index (χ1n) is 5.73. The summed E-state index contributed by atoms with van der Waals surface area (Å²) >= 11 is 5.82. The Morgan fingerprint density at radius 3 is 2.37 bits per heavy atom. The molecular weight excluding hydrogens is 270 g/mol. The van der Waals surface area contributed by atoms with Gasteiger partial charge in [0.05, 0.1) is 10.6 Å². The van der Waals surface area contributed by atoms with Crippen LogP contribution in [0.3, 0.4) is 0 Å². The highest BCUT2D eigenvalue weighted by Gasteiger charge is 2.26. The van der Waals surface area contributed by atoms with Gasteiger partial charge in [-0.05, 0) is 25.0 Å². The number of amides is 3.